The molecular formula is C60H53BN2O2S. The van der Waals surface area contributed by atoms with Crippen LogP contribution >= 0.6 is 11.3 Å². The maximum atomic E-state index is 7.67. The predicted octanol–water partition coefficient (Wildman–Crippen LogP) is 16.0. The number of anilines is 2. The van der Waals surface area contributed by atoms with Crippen LogP contribution in [0.3, 0.4) is 0 Å². The average Bonchev–Trinajstić information content (AvgIpc) is 4.04. The van der Waals surface area contributed by atoms with Crippen LogP contribution in [0.4, 0.5) is 11.4 Å². The van der Waals surface area contributed by atoms with Crippen molar-refractivity contribution in [1.29, 1.82) is 0 Å². The van der Waals surface area contributed by atoms with E-state index in [2.05, 4.69) is 194 Å². The van der Waals surface area contributed by atoms with Crippen LogP contribution in [0.2, 0.25) is 0 Å². The first-order chi connectivity index (χ1) is 31.5. The van der Waals surface area contributed by atoms with Crippen LogP contribution in [0.15, 0.2) is 124 Å². The summed E-state index contributed by atoms with van der Waals surface area (Å²) in [7, 11) is 0. The molecule has 1 aliphatic carbocycles. The van der Waals surface area contributed by atoms with Crippen molar-refractivity contribution in [2.75, 3.05) is 4.81 Å². The van der Waals surface area contributed by atoms with Crippen LogP contribution < -0.4 is 15.9 Å². The number of furan rings is 2. The lowest BCUT2D eigenvalue weighted by Crippen LogP contribution is -2.60. The Hall–Kier alpha value is -6.24. The molecule has 2 aliphatic heterocycles. The quantitative estimate of drug-likeness (QED) is 0.154. The number of para-hydroxylation sites is 1. The van der Waals surface area contributed by atoms with Gasteiger partial charge < -0.3 is 18.2 Å². The first-order valence-electron chi connectivity index (χ1n) is 23.9. The summed E-state index contributed by atoms with van der Waals surface area (Å²) in [5.74, 6) is 0. The molecule has 0 spiro atoms. The lowest BCUT2D eigenvalue weighted by molar-refractivity contribution is 0.332. The molecule has 324 valence electrons. The molecule has 14 rings (SSSR count). The number of benzene rings is 7. The molecule has 6 heteroatoms. The summed E-state index contributed by atoms with van der Waals surface area (Å²) in [5, 5.41) is 8.48. The molecule has 4 aromatic heterocycles. The standard InChI is InChI=1S/C60H53BN2O2S/c1-57(2,3)32-19-22-34(23-20-32)63-44-31-48-37(35-15-12-14-18-47(35)66-48)28-39(44)49-50-36-16-11-13-17-45(36)64-55(50)51-38-27-33(58(4,5)6)21-24-43(38)62-53-40-29-41-42(60(9,10)26-25-59(41,7)8)30-46(40)65-56(53)61(63)52(49)54(51)62/h11-24,27-31H,25-26H2,1-10H3. The highest BCUT2D eigenvalue weighted by molar-refractivity contribution is 7.25. The molecule has 0 unspecified atom stereocenters. The van der Waals surface area contributed by atoms with E-state index in [0.717, 1.165) is 52.0 Å². The van der Waals surface area contributed by atoms with E-state index in [-0.39, 0.29) is 28.5 Å². The molecule has 6 heterocycles. The summed E-state index contributed by atoms with van der Waals surface area (Å²) in [6.07, 6.45) is 2.29. The molecule has 0 amide bonds. The maximum absolute atomic E-state index is 7.67. The number of fused-ring (bicyclic) bond motifs is 19. The number of hydrogen-bond acceptors (Lipinski definition) is 4. The lowest BCUT2D eigenvalue weighted by atomic mass is 9.46. The summed E-state index contributed by atoms with van der Waals surface area (Å²) in [6.45, 7) is 23.3. The second kappa shape index (κ2) is 12.4. The molecule has 0 saturated heterocycles. The van der Waals surface area contributed by atoms with Gasteiger partial charge in [0.15, 0.2) is 0 Å². The number of hydrogen-bond donors (Lipinski definition) is 0. The van der Waals surface area contributed by atoms with Crippen molar-refractivity contribution in [1.82, 2.24) is 4.57 Å². The van der Waals surface area contributed by atoms with Crippen molar-refractivity contribution in [2.24, 2.45) is 0 Å². The molecule has 66 heavy (non-hydrogen) atoms. The fourth-order valence-corrected chi connectivity index (χ4v) is 13.5. The van der Waals surface area contributed by atoms with Gasteiger partial charge in [0.2, 0.25) is 0 Å². The Kier molecular flexibility index (Phi) is 7.32. The molecule has 11 aromatic rings. The molecule has 0 atom stereocenters. The maximum Gasteiger partial charge on any atom is 0.376 e. The monoisotopic (exact) mass is 876 g/mol. The van der Waals surface area contributed by atoms with E-state index in [1.807, 2.05) is 11.3 Å². The number of nitrogens with zero attached hydrogens (tertiary/aromatic N) is 2. The van der Waals surface area contributed by atoms with Crippen molar-refractivity contribution in [3.63, 3.8) is 0 Å². The SMILES string of the molecule is CC(C)(C)c1ccc(N2B3c4oc5cc6c(cc5c4-n4c5ccc(C(C)(C)C)cc5c5c7oc8ccccc8c7c(c3c54)-c3cc4c(cc32)sc2ccccc24)C(C)(C)CCC6(C)C)cc1. The van der Waals surface area contributed by atoms with Crippen LogP contribution in [0.1, 0.15) is 104 Å². The summed E-state index contributed by atoms with van der Waals surface area (Å²) in [4.78, 5) is 2.64. The zero-order valence-corrected chi connectivity index (χ0v) is 40.4. The van der Waals surface area contributed by atoms with E-state index in [4.69, 9.17) is 8.83 Å². The van der Waals surface area contributed by atoms with Crippen molar-refractivity contribution >= 4 is 116 Å². The van der Waals surface area contributed by atoms with Gasteiger partial charge in [0, 0.05) is 58.7 Å². The van der Waals surface area contributed by atoms with Gasteiger partial charge >= 0.3 is 6.85 Å². The van der Waals surface area contributed by atoms with E-state index in [1.54, 1.807) is 0 Å². The van der Waals surface area contributed by atoms with Gasteiger partial charge in [-0.3, -0.25) is 0 Å². The topological polar surface area (TPSA) is 34.5 Å². The summed E-state index contributed by atoms with van der Waals surface area (Å²) < 4.78 is 20.1. The fraction of sp³-hybridized carbons (Fsp3) is 0.267. The van der Waals surface area contributed by atoms with E-state index in [9.17, 15) is 0 Å². The zero-order chi connectivity index (χ0) is 45.1. The first-order valence-corrected chi connectivity index (χ1v) is 24.7. The van der Waals surface area contributed by atoms with Gasteiger partial charge in [-0.15, -0.1) is 11.3 Å². The third-order valence-corrected chi connectivity index (χ3v) is 17.3. The van der Waals surface area contributed by atoms with Gasteiger partial charge in [-0.05, 0) is 128 Å². The largest absolute Gasteiger partial charge is 0.466 e. The van der Waals surface area contributed by atoms with Gasteiger partial charge in [0.05, 0.1) is 22.1 Å². The lowest BCUT2D eigenvalue weighted by Gasteiger charge is -2.41. The number of thiophene rings is 1. The summed E-state index contributed by atoms with van der Waals surface area (Å²) in [6, 6.07) is 44.2. The van der Waals surface area contributed by atoms with Gasteiger partial charge in [-0.25, -0.2) is 0 Å². The molecule has 7 aromatic carbocycles. The van der Waals surface area contributed by atoms with Gasteiger partial charge in [0.1, 0.15) is 22.4 Å². The van der Waals surface area contributed by atoms with Gasteiger partial charge in [0.25, 0.3) is 0 Å². The molecule has 0 N–H and O–H groups in total. The Bertz CT molecular complexity index is 3970. The second-order valence-corrected chi connectivity index (χ2v) is 24.2. The average molecular weight is 877 g/mol. The van der Waals surface area contributed by atoms with Crippen molar-refractivity contribution < 1.29 is 8.83 Å². The highest BCUT2D eigenvalue weighted by Crippen LogP contribution is 2.55. The van der Waals surface area contributed by atoms with Crippen LogP contribution in [-0.4, -0.2) is 11.4 Å². The molecule has 0 radical (unpaired) electrons. The van der Waals surface area contributed by atoms with E-state index < -0.39 is 0 Å². The smallest absolute Gasteiger partial charge is 0.376 e. The highest BCUT2D eigenvalue weighted by atomic mass is 32.1. The van der Waals surface area contributed by atoms with Crippen LogP contribution in [-0.2, 0) is 21.7 Å². The summed E-state index contributed by atoms with van der Waals surface area (Å²) >= 11 is 1.89. The number of aromatic nitrogens is 1. The Morgan fingerprint density at radius 3 is 2.02 bits per heavy atom. The van der Waals surface area contributed by atoms with Gasteiger partial charge in [-0.1, -0.05) is 124 Å². The third kappa shape index (κ3) is 4.96. The minimum absolute atomic E-state index is 0.0124. The molecule has 0 bridgehead atoms. The summed E-state index contributed by atoms with van der Waals surface area (Å²) in [5.41, 5.74) is 18.9. The zero-order valence-electron chi connectivity index (χ0n) is 39.6. The Morgan fingerprint density at radius 2 is 1.27 bits per heavy atom. The van der Waals surface area contributed by atoms with E-state index in [1.165, 1.54) is 97.3 Å². The van der Waals surface area contributed by atoms with Crippen LogP contribution in [0.25, 0.3) is 91.7 Å². The van der Waals surface area contributed by atoms with Crippen LogP contribution in [0.5, 0.6) is 0 Å². The van der Waals surface area contributed by atoms with Crippen molar-refractivity contribution in [2.45, 2.75) is 104 Å². The third-order valence-electron chi connectivity index (χ3n) is 16.1. The Morgan fingerprint density at radius 1 is 0.591 bits per heavy atom. The number of rotatable bonds is 1. The molecular weight excluding hydrogens is 824 g/mol. The normalized spacial score (nSPS) is 16.4. The first kappa shape index (κ1) is 39.0. The van der Waals surface area contributed by atoms with Crippen molar-refractivity contribution in [3.8, 4) is 16.8 Å². The Balaban J connectivity index is 1.23. The van der Waals surface area contributed by atoms with E-state index >= 15 is 0 Å². The fourth-order valence-electron chi connectivity index (χ4n) is 12.4. The predicted molar refractivity (Wildman–Crippen MR) is 282 cm³/mol. The Labute approximate surface area is 389 Å². The van der Waals surface area contributed by atoms with Crippen LogP contribution in [0, 0.1) is 0 Å². The van der Waals surface area contributed by atoms with E-state index in [0.29, 0.717) is 0 Å². The van der Waals surface area contributed by atoms with Gasteiger partial charge in [-0.2, -0.15) is 0 Å². The molecule has 4 nitrogen and oxygen atoms in total. The minimum atomic E-state index is -0.278. The molecule has 0 fully saturated rings. The molecule has 0 saturated carbocycles. The van der Waals surface area contributed by atoms with Crippen molar-refractivity contribution in [3.05, 3.63) is 138 Å². The molecule has 3 aliphatic rings. The minimum Gasteiger partial charge on any atom is -0.466 e. The second-order valence-electron chi connectivity index (χ2n) is 23.1. The highest BCUT2D eigenvalue weighted by Gasteiger charge is 2.50.